The molecule has 0 fully saturated rings. The van der Waals surface area contributed by atoms with Gasteiger partial charge in [-0.15, -0.1) is 11.3 Å². The summed E-state index contributed by atoms with van der Waals surface area (Å²) in [4.78, 5) is 16.2. The number of nitrogens with two attached hydrogens (primary N) is 1. The number of thiazole rings is 1. The molecular weight excluding hydrogens is 382 g/mol. The highest BCUT2D eigenvalue weighted by atomic mass is 32.1. The maximum Gasteiger partial charge on any atom is 0.230 e. The van der Waals surface area contributed by atoms with Crippen LogP contribution >= 0.6 is 11.3 Å². The van der Waals surface area contributed by atoms with Gasteiger partial charge >= 0.3 is 0 Å². The van der Waals surface area contributed by atoms with E-state index in [-0.39, 0.29) is 77.4 Å². The molecule has 0 saturated heterocycles. The zero-order valence-electron chi connectivity index (χ0n) is 23.0. The Balaban J connectivity index is 1.59. The molecule has 152 valence electrons. The smallest absolute Gasteiger partial charge is 0.230 e. The fourth-order valence-corrected chi connectivity index (χ4v) is 3.11. The van der Waals surface area contributed by atoms with E-state index in [9.17, 15) is 9.90 Å². The van der Waals surface area contributed by atoms with Crippen LogP contribution in [-0.2, 0) is 17.6 Å². The van der Waals surface area contributed by atoms with Gasteiger partial charge in [-0.25, -0.2) is 4.98 Å². The van der Waals surface area contributed by atoms with Crippen LogP contribution in [0.5, 0.6) is 0 Å². The average Bonchev–Trinajstić information content (AvgIpc) is 3.12. The van der Waals surface area contributed by atoms with Crippen molar-refractivity contribution in [2.45, 2.75) is 45.1 Å². The summed E-state index contributed by atoms with van der Waals surface area (Å²) in [5, 5.41) is 13.6. The molecule has 0 bridgehead atoms. The van der Waals surface area contributed by atoms with Crippen LogP contribution in [0, 0.1) is 6.92 Å². The Morgan fingerprint density at radius 3 is 2.66 bits per heavy atom. The molecule has 0 saturated carbocycles. The monoisotopic (exact) mass is 416 g/mol. The van der Waals surface area contributed by atoms with Crippen LogP contribution in [0.4, 0.5) is 10.8 Å². The van der Waals surface area contributed by atoms with Crippen LogP contribution < -0.4 is 11.1 Å². The van der Waals surface area contributed by atoms with Gasteiger partial charge in [0.05, 0.1) is 25.1 Å². The van der Waals surface area contributed by atoms with Crippen molar-refractivity contribution in [2.24, 2.45) is 0 Å². The molecule has 2 aromatic carbocycles. The van der Waals surface area contributed by atoms with Gasteiger partial charge in [0.25, 0.3) is 0 Å². The van der Waals surface area contributed by atoms with E-state index in [4.69, 9.17) is 15.3 Å². The third-order valence-corrected chi connectivity index (χ3v) is 4.74. The van der Waals surface area contributed by atoms with Gasteiger partial charge in [0.1, 0.15) is 0 Å². The first-order valence-corrected chi connectivity index (χ1v) is 10.0. The van der Waals surface area contributed by atoms with Gasteiger partial charge in [-0.2, -0.15) is 0 Å². The van der Waals surface area contributed by atoms with Crippen molar-refractivity contribution in [3.63, 3.8) is 0 Å². The van der Waals surface area contributed by atoms with Crippen LogP contribution in [0.2, 0.25) is 0 Å². The van der Waals surface area contributed by atoms with E-state index < -0.39 is 12.5 Å². The maximum absolute atomic E-state index is 12.2. The molecule has 0 spiro atoms. The Bertz CT molecular complexity index is 1240. The summed E-state index contributed by atoms with van der Waals surface area (Å²) in [5.74, 6) is -0.371. The Kier molecular flexibility index (Phi) is 4.74. The predicted octanol–water partition coefficient (Wildman–Crippen LogP) is 4.66. The second-order valence-corrected chi connectivity index (χ2v) is 7.35. The lowest BCUT2D eigenvalue weighted by molar-refractivity contribution is -0.115. The number of carbonyl (C=O) groups excluding carboxylic acids is 1. The van der Waals surface area contributed by atoms with Gasteiger partial charge in [0.2, 0.25) is 5.91 Å². The lowest BCUT2D eigenvalue weighted by atomic mass is 10.0. The van der Waals surface area contributed by atoms with E-state index in [1.165, 1.54) is 6.92 Å². The summed E-state index contributed by atoms with van der Waals surface area (Å²) < 4.78 is 56.5. The van der Waals surface area contributed by atoms with Gasteiger partial charge < -0.3 is 16.2 Å². The van der Waals surface area contributed by atoms with Crippen LogP contribution in [0.1, 0.15) is 57.3 Å². The second kappa shape index (κ2) is 10.2. The molecule has 3 aromatic rings. The first kappa shape index (κ1) is 13.5. The van der Waals surface area contributed by atoms with Crippen molar-refractivity contribution in [3.05, 3.63) is 76.2 Å². The average molecular weight is 417 g/mol. The fraction of sp³-hybridized carbons (Fsp3) is 0.304. The summed E-state index contributed by atoms with van der Waals surface area (Å²) in [5.41, 5.74) is 6.83. The van der Waals surface area contributed by atoms with Crippen LogP contribution in [0.3, 0.4) is 0 Å². The number of hydrogen-bond donors (Lipinski definition) is 3. The van der Waals surface area contributed by atoms with Gasteiger partial charge in [0.15, 0.2) is 5.13 Å². The van der Waals surface area contributed by atoms with Crippen LogP contribution in [-0.4, -0.2) is 16.0 Å². The number of aryl methyl sites for hydroxylation is 1. The molecular formula is C23H27N3O2S. The highest BCUT2D eigenvalue weighted by Gasteiger charge is 2.08. The quantitative estimate of drug-likeness (QED) is 0.473. The Labute approximate surface area is 185 Å². The molecule has 1 aromatic heterocycles. The maximum atomic E-state index is 12.2. The third-order valence-electron chi connectivity index (χ3n) is 4.10. The lowest BCUT2D eigenvalue weighted by Gasteiger charge is -2.11. The SMILES string of the molecule is [2H]c1sc(N)nc1CC(=O)Nc1ccc(C([2H])([2H])CCC[C@H](O)c2c([2H])c([2H])c(C)c([2H])c2[2H])cc1. The number of aromatic nitrogens is 1. The molecule has 6 heteroatoms. The van der Waals surface area contributed by atoms with E-state index in [1.54, 1.807) is 24.3 Å². The van der Waals surface area contributed by atoms with Crippen molar-refractivity contribution in [2.75, 3.05) is 11.1 Å². The summed E-state index contributed by atoms with van der Waals surface area (Å²) in [6.07, 6.45) is -2.70. The standard InChI is InChI=1S/C23H27N3O2S/c1-16-6-10-18(11-7-16)21(27)5-3-2-4-17-8-12-19(13-9-17)25-22(28)14-20-15-29-23(24)26-20/h6-13,15,21,27H,2-5,14H2,1H3,(H2,24,26)(H,25,28)/t21-/m0/s1/i4D2,6D,7D,10D,11D,15D. The van der Waals surface area contributed by atoms with E-state index in [2.05, 4.69) is 10.3 Å². The van der Waals surface area contributed by atoms with Crippen molar-refractivity contribution >= 4 is 28.1 Å². The highest BCUT2D eigenvalue weighted by molar-refractivity contribution is 7.13. The van der Waals surface area contributed by atoms with Crippen LogP contribution in [0.25, 0.3) is 0 Å². The zero-order chi connectivity index (χ0) is 26.8. The number of anilines is 2. The van der Waals surface area contributed by atoms with E-state index >= 15 is 0 Å². The predicted molar refractivity (Wildman–Crippen MR) is 119 cm³/mol. The molecule has 0 radical (unpaired) electrons. The Hall–Kier alpha value is -2.70. The van der Waals surface area contributed by atoms with Crippen LogP contribution in [0.15, 0.2) is 53.8 Å². The van der Waals surface area contributed by atoms with Crippen molar-refractivity contribution in [1.82, 2.24) is 4.98 Å². The third kappa shape index (κ3) is 6.69. The molecule has 1 atom stereocenters. The van der Waals surface area contributed by atoms with Crippen molar-refractivity contribution in [1.29, 1.82) is 0 Å². The summed E-state index contributed by atoms with van der Waals surface area (Å²) in [7, 11) is 0. The van der Waals surface area contributed by atoms with E-state index in [0.29, 0.717) is 16.9 Å². The van der Waals surface area contributed by atoms with Gasteiger partial charge in [-0.1, -0.05) is 48.3 Å². The molecule has 3 rings (SSSR count). The summed E-state index contributed by atoms with van der Waals surface area (Å²) in [6.45, 7) is 1.49. The minimum atomic E-state index is -1.73. The topological polar surface area (TPSA) is 88.2 Å². The van der Waals surface area contributed by atoms with Crippen molar-refractivity contribution in [3.8, 4) is 0 Å². The minimum absolute atomic E-state index is 0.0568. The molecule has 0 unspecified atom stereocenters. The number of aliphatic hydroxyl groups is 1. The molecule has 1 amide bonds. The van der Waals surface area contributed by atoms with Gasteiger partial charge in [0, 0.05) is 13.8 Å². The summed E-state index contributed by atoms with van der Waals surface area (Å²) in [6, 6.07) is 5.34. The normalized spacial score (nSPS) is 15.9. The number of benzene rings is 2. The first-order valence-electron chi connectivity index (χ1n) is 12.7. The lowest BCUT2D eigenvalue weighted by Crippen LogP contribution is -2.14. The molecule has 4 N–H and O–H groups in total. The molecule has 0 aliphatic carbocycles. The number of nitrogens with zero attached hydrogens (tertiary/aromatic N) is 1. The molecule has 1 heterocycles. The number of carbonyl (C=O) groups is 1. The Morgan fingerprint density at radius 1 is 1.28 bits per heavy atom. The molecule has 0 aliphatic rings. The Morgan fingerprint density at radius 2 is 2.00 bits per heavy atom. The minimum Gasteiger partial charge on any atom is -0.388 e. The second-order valence-electron chi connectivity index (χ2n) is 6.53. The largest absolute Gasteiger partial charge is 0.388 e. The molecule has 0 aliphatic heterocycles. The van der Waals surface area contributed by atoms with Crippen molar-refractivity contribution < 1.29 is 19.5 Å². The number of amides is 1. The summed E-state index contributed by atoms with van der Waals surface area (Å²) >= 11 is 0.993. The number of nitrogen functional groups attached to an aromatic ring is 1. The first-order chi connectivity index (χ1) is 16.8. The molecule has 5 nitrogen and oxygen atoms in total. The highest BCUT2D eigenvalue weighted by Crippen LogP contribution is 2.21. The fourth-order valence-electron chi connectivity index (χ4n) is 2.62. The molecule has 29 heavy (non-hydrogen) atoms. The van der Waals surface area contributed by atoms with E-state index in [1.807, 2.05) is 0 Å². The number of hydrogen-bond acceptors (Lipinski definition) is 5. The zero-order valence-corrected chi connectivity index (χ0v) is 16.8. The van der Waals surface area contributed by atoms with E-state index in [0.717, 1.165) is 11.3 Å². The van der Waals surface area contributed by atoms with Gasteiger partial charge in [-0.3, -0.25) is 4.79 Å². The number of aliphatic hydroxyl groups excluding tert-OH is 1. The number of nitrogens with one attached hydrogen (secondary N) is 1. The van der Waals surface area contributed by atoms with Gasteiger partial charge in [-0.05, 0) is 49.4 Å². The number of rotatable bonds is 9.